The molecule has 0 radical (unpaired) electrons. The number of rotatable bonds is 4. The summed E-state index contributed by atoms with van der Waals surface area (Å²) in [6, 6.07) is 5.65. The first kappa shape index (κ1) is 20.8. The Kier molecular flexibility index (Phi) is 5.86. The Bertz CT molecular complexity index is 916. The molecule has 1 aliphatic carbocycles. The molecule has 154 valence electrons. The molecule has 0 bridgehead atoms. The molecule has 3 atom stereocenters. The van der Waals surface area contributed by atoms with Gasteiger partial charge in [-0.1, -0.05) is 19.1 Å². The molecule has 1 heterocycles. The molecule has 1 aromatic carbocycles. The summed E-state index contributed by atoms with van der Waals surface area (Å²) in [5, 5.41) is 3.17. The van der Waals surface area contributed by atoms with Crippen molar-refractivity contribution >= 4 is 17.7 Å². The van der Waals surface area contributed by atoms with Crippen LogP contribution in [0.25, 0.3) is 0 Å². The Labute approximate surface area is 168 Å². The van der Waals surface area contributed by atoms with E-state index in [-0.39, 0.29) is 23.9 Å². The summed E-state index contributed by atoms with van der Waals surface area (Å²) < 4.78 is 23.6. The van der Waals surface area contributed by atoms with Gasteiger partial charge in [-0.05, 0) is 43.9 Å². The number of halogens is 1. The highest BCUT2D eigenvalue weighted by Gasteiger charge is 2.47. The molecule has 6 nitrogen and oxygen atoms in total. The molecule has 1 aliphatic heterocycles. The second kappa shape index (κ2) is 8.19. The fourth-order valence-corrected chi connectivity index (χ4v) is 4.15. The second-order valence-corrected chi connectivity index (χ2v) is 7.31. The lowest BCUT2D eigenvalue weighted by atomic mass is 9.69. The number of carbonyl (C=O) groups is 3. The van der Waals surface area contributed by atoms with Crippen molar-refractivity contribution in [3.8, 4) is 0 Å². The average molecular weight is 401 g/mol. The van der Waals surface area contributed by atoms with Crippen LogP contribution in [0.5, 0.6) is 0 Å². The lowest BCUT2D eigenvalue weighted by Crippen LogP contribution is -2.43. The minimum atomic E-state index is -0.953. The van der Waals surface area contributed by atoms with Gasteiger partial charge in [-0.2, -0.15) is 0 Å². The molecule has 1 N–H and O–H groups in total. The van der Waals surface area contributed by atoms with E-state index in [0.29, 0.717) is 29.0 Å². The molecule has 0 amide bonds. The van der Waals surface area contributed by atoms with Crippen molar-refractivity contribution in [2.24, 2.45) is 11.8 Å². The van der Waals surface area contributed by atoms with Gasteiger partial charge in [0.25, 0.3) is 0 Å². The van der Waals surface area contributed by atoms with Gasteiger partial charge in [-0.25, -0.2) is 9.18 Å². The number of Topliss-reactive ketones (excluding diaryl/α,β-unsaturated/α-hetero) is 1. The number of carbonyl (C=O) groups excluding carboxylic acids is 3. The third kappa shape index (κ3) is 3.69. The van der Waals surface area contributed by atoms with Gasteiger partial charge in [0.1, 0.15) is 11.7 Å². The molecule has 0 saturated heterocycles. The lowest BCUT2D eigenvalue weighted by Gasteiger charge is -2.38. The van der Waals surface area contributed by atoms with Crippen molar-refractivity contribution in [3.63, 3.8) is 0 Å². The SMILES string of the molecule is CCOC(=O)C1=C(C)NC2=C(C(=O)[C@@H](C(=O)OC)[C@@H](C)C2)[C@@H]1c1ccc(F)cc1. The summed E-state index contributed by atoms with van der Waals surface area (Å²) in [5.74, 6) is -3.93. The average Bonchev–Trinajstić information content (AvgIpc) is 2.67. The monoisotopic (exact) mass is 401 g/mol. The number of hydrogen-bond donors (Lipinski definition) is 1. The highest BCUT2D eigenvalue weighted by atomic mass is 19.1. The molecule has 0 saturated carbocycles. The zero-order chi connectivity index (χ0) is 21.3. The topological polar surface area (TPSA) is 81.7 Å². The van der Waals surface area contributed by atoms with Gasteiger partial charge >= 0.3 is 11.9 Å². The van der Waals surface area contributed by atoms with E-state index in [0.717, 1.165) is 0 Å². The molecule has 0 unspecified atom stereocenters. The summed E-state index contributed by atoms with van der Waals surface area (Å²) in [7, 11) is 1.25. The predicted octanol–water partition coefficient (Wildman–Crippen LogP) is 3.00. The molecule has 29 heavy (non-hydrogen) atoms. The fraction of sp³-hybridized carbons (Fsp3) is 0.409. The minimum absolute atomic E-state index is 0.174. The maximum absolute atomic E-state index is 13.5. The van der Waals surface area contributed by atoms with Crippen molar-refractivity contribution < 1.29 is 28.2 Å². The molecular formula is C22H24FNO5. The van der Waals surface area contributed by atoms with E-state index in [1.54, 1.807) is 26.0 Å². The van der Waals surface area contributed by atoms with Crippen molar-refractivity contribution in [2.45, 2.75) is 33.1 Å². The van der Waals surface area contributed by atoms with E-state index in [9.17, 15) is 18.8 Å². The molecule has 0 aromatic heterocycles. The van der Waals surface area contributed by atoms with Crippen LogP contribution in [0.2, 0.25) is 0 Å². The number of nitrogens with one attached hydrogen (secondary N) is 1. The third-order valence-electron chi connectivity index (χ3n) is 5.44. The standard InChI is InChI=1S/C22H24FNO5/c1-5-29-22(27)17-12(3)24-15-10-11(2)16(21(26)28-4)20(25)19(15)18(17)13-6-8-14(23)9-7-13/h6-9,11,16,18,24H,5,10H2,1-4H3/t11-,16-,18+/m0/s1. The smallest absolute Gasteiger partial charge is 0.336 e. The molecule has 0 spiro atoms. The van der Waals surface area contributed by atoms with Crippen molar-refractivity contribution in [3.05, 3.63) is 58.2 Å². The predicted molar refractivity (Wildman–Crippen MR) is 103 cm³/mol. The summed E-state index contributed by atoms with van der Waals surface area (Å²) in [6.45, 7) is 5.43. The summed E-state index contributed by atoms with van der Waals surface area (Å²) in [6.07, 6.45) is 0.450. The largest absolute Gasteiger partial charge is 0.468 e. The first-order valence-electron chi connectivity index (χ1n) is 9.55. The Balaban J connectivity index is 2.18. The Hall–Kier alpha value is -2.96. The summed E-state index contributed by atoms with van der Waals surface area (Å²) in [5.41, 5.74) is 2.44. The van der Waals surface area contributed by atoms with Crippen molar-refractivity contribution in [2.75, 3.05) is 13.7 Å². The third-order valence-corrected chi connectivity index (χ3v) is 5.44. The normalized spacial score (nSPS) is 24.0. The number of hydrogen-bond acceptors (Lipinski definition) is 6. The van der Waals surface area contributed by atoms with Gasteiger partial charge in [-0.15, -0.1) is 0 Å². The van der Waals surface area contributed by atoms with E-state index in [2.05, 4.69) is 5.32 Å². The van der Waals surface area contributed by atoms with Crippen LogP contribution in [-0.4, -0.2) is 31.4 Å². The van der Waals surface area contributed by atoms with E-state index in [4.69, 9.17) is 9.47 Å². The van der Waals surface area contributed by atoms with Gasteiger partial charge in [0.2, 0.25) is 0 Å². The van der Waals surface area contributed by atoms with Crippen LogP contribution >= 0.6 is 0 Å². The second-order valence-electron chi connectivity index (χ2n) is 7.31. The Morgan fingerprint density at radius 1 is 1.24 bits per heavy atom. The van der Waals surface area contributed by atoms with Crippen LogP contribution in [0.3, 0.4) is 0 Å². The molecule has 2 aliphatic rings. The molecule has 1 aromatic rings. The van der Waals surface area contributed by atoms with Gasteiger partial charge < -0.3 is 14.8 Å². The number of dihydropyridines is 1. The number of ether oxygens (including phenoxy) is 2. The summed E-state index contributed by atoms with van der Waals surface area (Å²) in [4.78, 5) is 38.5. The highest BCUT2D eigenvalue weighted by Crippen LogP contribution is 2.45. The first-order valence-corrected chi connectivity index (χ1v) is 9.55. The van der Waals surface area contributed by atoms with Gasteiger partial charge in [0.05, 0.1) is 19.3 Å². The first-order chi connectivity index (χ1) is 13.8. The van der Waals surface area contributed by atoms with Gasteiger partial charge in [-0.3, -0.25) is 9.59 Å². The zero-order valence-corrected chi connectivity index (χ0v) is 16.9. The zero-order valence-electron chi connectivity index (χ0n) is 16.9. The lowest BCUT2D eigenvalue weighted by molar-refractivity contribution is -0.151. The molecule has 7 heteroatoms. The van der Waals surface area contributed by atoms with Gasteiger partial charge in [0, 0.05) is 22.9 Å². The number of allylic oxidation sites excluding steroid dienone is 3. The number of benzene rings is 1. The maximum atomic E-state index is 13.5. The van der Waals surface area contributed by atoms with Crippen LogP contribution in [0.1, 0.15) is 38.7 Å². The van der Waals surface area contributed by atoms with E-state index in [1.807, 2.05) is 6.92 Å². The van der Waals surface area contributed by atoms with E-state index in [1.165, 1.54) is 19.2 Å². The molecule has 0 fully saturated rings. The molecular weight excluding hydrogens is 377 g/mol. The molecule has 3 rings (SSSR count). The quantitative estimate of drug-likeness (QED) is 0.617. The van der Waals surface area contributed by atoms with Crippen molar-refractivity contribution in [1.82, 2.24) is 5.32 Å². The summed E-state index contributed by atoms with van der Waals surface area (Å²) >= 11 is 0. The Morgan fingerprint density at radius 2 is 1.90 bits per heavy atom. The van der Waals surface area contributed by atoms with Crippen LogP contribution in [0.15, 0.2) is 46.8 Å². The highest BCUT2D eigenvalue weighted by molar-refractivity contribution is 6.12. The fourth-order valence-electron chi connectivity index (χ4n) is 4.15. The Morgan fingerprint density at radius 3 is 2.48 bits per heavy atom. The van der Waals surface area contributed by atoms with Crippen LogP contribution in [-0.2, 0) is 23.9 Å². The minimum Gasteiger partial charge on any atom is -0.468 e. The van der Waals surface area contributed by atoms with Crippen LogP contribution < -0.4 is 5.32 Å². The number of esters is 2. The van der Waals surface area contributed by atoms with Crippen molar-refractivity contribution in [1.29, 1.82) is 0 Å². The van der Waals surface area contributed by atoms with Crippen LogP contribution in [0, 0.1) is 17.7 Å². The van der Waals surface area contributed by atoms with E-state index < -0.39 is 29.6 Å². The van der Waals surface area contributed by atoms with Crippen LogP contribution in [0.4, 0.5) is 4.39 Å². The van der Waals surface area contributed by atoms with E-state index >= 15 is 0 Å². The number of ketones is 1. The number of methoxy groups -OCH3 is 1. The van der Waals surface area contributed by atoms with Gasteiger partial charge in [0.15, 0.2) is 5.78 Å². The maximum Gasteiger partial charge on any atom is 0.336 e.